The molecule has 0 bridgehead atoms. The molecule has 0 radical (unpaired) electrons. The molecule has 0 fully saturated rings. The standard InChI is InChI=1S/C24H23N3S/c1-27(2)21-16-10-9-15-20(21)17-28-24-25-22(18-11-5-3-6-12-18)23(26-24)19-13-7-4-8-14-19/h3-16H,17H2,1-2H3,(H,25,26). The van der Waals surface area contributed by atoms with Crippen molar-refractivity contribution in [1.29, 1.82) is 0 Å². The van der Waals surface area contributed by atoms with E-state index in [1.54, 1.807) is 11.8 Å². The van der Waals surface area contributed by atoms with Crippen molar-refractivity contribution in [3.05, 3.63) is 90.5 Å². The summed E-state index contributed by atoms with van der Waals surface area (Å²) >= 11 is 1.74. The molecule has 3 nitrogen and oxygen atoms in total. The Morgan fingerprint density at radius 2 is 1.39 bits per heavy atom. The number of thioether (sulfide) groups is 1. The Morgan fingerprint density at radius 3 is 2.07 bits per heavy atom. The highest BCUT2D eigenvalue weighted by Crippen LogP contribution is 2.34. The summed E-state index contributed by atoms with van der Waals surface area (Å²) < 4.78 is 0. The molecule has 0 saturated carbocycles. The minimum absolute atomic E-state index is 0.865. The second-order valence-corrected chi connectivity index (χ2v) is 7.77. The van der Waals surface area contributed by atoms with Crippen molar-refractivity contribution in [2.75, 3.05) is 19.0 Å². The lowest BCUT2D eigenvalue weighted by Crippen LogP contribution is -2.10. The quantitative estimate of drug-likeness (QED) is 0.407. The van der Waals surface area contributed by atoms with Gasteiger partial charge in [0.2, 0.25) is 0 Å². The molecule has 1 aromatic heterocycles. The van der Waals surface area contributed by atoms with Crippen LogP contribution in [-0.2, 0) is 5.75 Å². The average Bonchev–Trinajstić information content (AvgIpc) is 3.18. The first kappa shape index (κ1) is 18.4. The van der Waals surface area contributed by atoms with Gasteiger partial charge in [0.1, 0.15) is 0 Å². The van der Waals surface area contributed by atoms with Crippen LogP contribution >= 0.6 is 11.8 Å². The zero-order valence-corrected chi connectivity index (χ0v) is 16.9. The summed E-state index contributed by atoms with van der Waals surface area (Å²) in [6.45, 7) is 0. The van der Waals surface area contributed by atoms with Gasteiger partial charge in [-0.2, -0.15) is 0 Å². The number of nitrogens with one attached hydrogen (secondary N) is 1. The van der Waals surface area contributed by atoms with Gasteiger partial charge in [0.25, 0.3) is 0 Å². The largest absolute Gasteiger partial charge is 0.377 e. The van der Waals surface area contributed by atoms with E-state index in [0.717, 1.165) is 33.4 Å². The topological polar surface area (TPSA) is 31.9 Å². The summed E-state index contributed by atoms with van der Waals surface area (Å²) in [6.07, 6.45) is 0. The van der Waals surface area contributed by atoms with Crippen LogP contribution in [-0.4, -0.2) is 24.1 Å². The maximum absolute atomic E-state index is 4.94. The van der Waals surface area contributed by atoms with Crippen molar-refractivity contribution >= 4 is 17.4 Å². The van der Waals surface area contributed by atoms with Crippen molar-refractivity contribution in [3.8, 4) is 22.5 Å². The SMILES string of the molecule is CN(C)c1ccccc1CSc1nc(-c2ccccc2)c(-c2ccccc2)[nH]1. The molecule has 0 unspecified atom stereocenters. The lowest BCUT2D eigenvalue weighted by Gasteiger charge is -2.16. The predicted octanol–water partition coefficient (Wildman–Crippen LogP) is 6.10. The van der Waals surface area contributed by atoms with Crippen molar-refractivity contribution in [2.24, 2.45) is 0 Å². The lowest BCUT2D eigenvalue weighted by atomic mass is 10.1. The van der Waals surface area contributed by atoms with E-state index in [0.29, 0.717) is 0 Å². The second-order valence-electron chi connectivity index (χ2n) is 6.81. The van der Waals surface area contributed by atoms with Crippen LogP contribution in [0.2, 0.25) is 0 Å². The molecule has 4 rings (SSSR count). The summed E-state index contributed by atoms with van der Waals surface area (Å²) in [5, 5.41) is 0.936. The minimum atomic E-state index is 0.865. The Hall–Kier alpha value is -2.98. The fourth-order valence-corrected chi connectivity index (χ4v) is 4.12. The van der Waals surface area contributed by atoms with Crippen LogP contribution in [0, 0.1) is 0 Å². The monoisotopic (exact) mass is 385 g/mol. The molecule has 0 aliphatic heterocycles. The molecule has 3 aromatic carbocycles. The molecule has 0 aliphatic rings. The molecule has 1 N–H and O–H groups in total. The van der Waals surface area contributed by atoms with Gasteiger partial charge in [-0.05, 0) is 11.6 Å². The van der Waals surface area contributed by atoms with Crippen molar-refractivity contribution in [2.45, 2.75) is 10.9 Å². The first-order valence-electron chi connectivity index (χ1n) is 9.31. The maximum Gasteiger partial charge on any atom is 0.166 e. The van der Waals surface area contributed by atoms with Crippen molar-refractivity contribution in [3.63, 3.8) is 0 Å². The highest BCUT2D eigenvalue weighted by molar-refractivity contribution is 7.98. The van der Waals surface area contributed by atoms with Crippen molar-refractivity contribution < 1.29 is 0 Å². The van der Waals surface area contributed by atoms with E-state index in [4.69, 9.17) is 4.98 Å². The molecule has 0 aliphatic carbocycles. The summed E-state index contributed by atoms with van der Waals surface area (Å²) in [5.41, 5.74) is 6.88. The highest BCUT2D eigenvalue weighted by Gasteiger charge is 2.15. The van der Waals surface area contributed by atoms with Crippen LogP contribution in [0.3, 0.4) is 0 Å². The van der Waals surface area contributed by atoms with Crippen LogP contribution in [0.1, 0.15) is 5.56 Å². The van der Waals surface area contributed by atoms with Crippen LogP contribution in [0.15, 0.2) is 90.1 Å². The molecule has 140 valence electrons. The van der Waals surface area contributed by atoms with Gasteiger partial charge in [-0.3, -0.25) is 0 Å². The summed E-state index contributed by atoms with van der Waals surface area (Å²) in [4.78, 5) is 10.6. The van der Waals surface area contributed by atoms with E-state index in [1.165, 1.54) is 11.3 Å². The molecular formula is C24H23N3S. The van der Waals surface area contributed by atoms with Gasteiger partial charge in [-0.1, -0.05) is 90.6 Å². The molecule has 4 aromatic rings. The third kappa shape index (κ3) is 3.97. The number of rotatable bonds is 6. The van der Waals surface area contributed by atoms with E-state index < -0.39 is 0 Å². The number of imidazole rings is 1. The summed E-state index contributed by atoms with van der Waals surface area (Å²) in [5.74, 6) is 0.865. The molecule has 1 heterocycles. The highest BCUT2D eigenvalue weighted by atomic mass is 32.2. The van der Waals surface area contributed by atoms with Crippen LogP contribution in [0.5, 0.6) is 0 Å². The lowest BCUT2D eigenvalue weighted by molar-refractivity contribution is 1.06. The van der Waals surface area contributed by atoms with Gasteiger partial charge in [0.05, 0.1) is 11.4 Å². The molecule has 0 amide bonds. The van der Waals surface area contributed by atoms with E-state index in [1.807, 2.05) is 12.1 Å². The van der Waals surface area contributed by atoms with Gasteiger partial charge in [0.15, 0.2) is 5.16 Å². The Kier molecular flexibility index (Phi) is 5.49. The summed E-state index contributed by atoms with van der Waals surface area (Å²) in [6, 6.07) is 29.3. The fraction of sp³-hybridized carbons (Fsp3) is 0.125. The number of aromatic nitrogens is 2. The zero-order valence-electron chi connectivity index (χ0n) is 16.1. The van der Waals surface area contributed by atoms with Crippen LogP contribution < -0.4 is 4.90 Å². The van der Waals surface area contributed by atoms with Gasteiger partial charge in [-0.25, -0.2) is 4.98 Å². The molecule has 4 heteroatoms. The number of aromatic amines is 1. The zero-order chi connectivity index (χ0) is 19.3. The molecule has 0 saturated heterocycles. The smallest absolute Gasteiger partial charge is 0.166 e. The van der Waals surface area contributed by atoms with Crippen LogP contribution in [0.4, 0.5) is 5.69 Å². The number of para-hydroxylation sites is 1. The first-order chi connectivity index (χ1) is 13.7. The molecular weight excluding hydrogens is 362 g/mol. The van der Waals surface area contributed by atoms with E-state index in [9.17, 15) is 0 Å². The van der Waals surface area contributed by atoms with Gasteiger partial charge >= 0.3 is 0 Å². The Morgan fingerprint density at radius 1 is 0.786 bits per heavy atom. The number of hydrogen-bond donors (Lipinski definition) is 1. The molecule has 0 atom stereocenters. The fourth-order valence-electron chi connectivity index (χ4n) is 3.25. The first-order valence-corrected chi connectivity index (χ1v) is 10.3. The van der Waals surface area contributed by atoms with Gasteiger partial charge in [-0.15, -0.1) is 0 Å². The maximum atomic E-state index is 4.94. The van der Waals surface area contributed by atoms with Crippen molar-refractivity contribution in [1.82, 2.24) is 9.97 Å². The van der Waals surface area contributed by atoms with Crippen LogP contribution in [0.25, 0.3) is 22.5 Å². The van der Waals surface area contributed by atoms with Gasteiger partial charge in [0, 0.05) is 36.7 Å². The Bertz CT molecular complexity index is 983. The van der Waals surface area contributed by atoms with E-state index >= 15 is 0 Å². The minimum Gasteiger partial charge on any atom is -0.377 e. The van der Waals surface area contributed by atoms with E-state index in [2.05, 4.69) is 96.8 Å². The Balaban J connectivity index is 1.67. The number of hydrogen-bond acceptors (Lipinski definition) is 3. The van der Waals surface area contributed by atoms with Gasteiger partial charge < -0.3 is 9.88 Å². The second kappa shape index (κ2) is 8.36. The third-order valence-electron chi connectivity index (χ3n) is 4.63. The Labute approximate surface area is 170 Å². The van der Waals surface area contributed by atoms with E-state index in [-0.39, 0.29) is 0 Å². The number of H-pyrrole nitrogens is 1. The number of benzene rings is 3. The molecule has 0 spiro atoms. The number of nitrogens with zero attached hydrogens (tertiary/aromatic N) is 2. The number of anilines is 1. The summed E-state index contributed by atoms with van der Waals surface area (Å²) in [7, 11) is 4.16. The third-order valence-corrected chi connectivity index (χ3v) is 5.55. The predicted molar refractivity (Wildman–Crippen MR) is 120 cm³/mol. The normalized spacial score (nSPS) is 10.8. The average molecular weight is 386 g/mol. The molecule has 28 heavy (non-hydrogen) atoms.